The fraction of sp³-hybridized carbons (Fsp3) is 0.364. The molecule has 2 aromatic carbocycles. The van der Waals surface area contributed by atoms with E-state index in [0.717, 1.165) is 28.7 Å². The van der Waals surface area contributed by atoms with Crippen LogP contribution < -0.4 is 9.47 Å². The van der Waals surface area contributed by atoms with Crippen LogP contribution in [0.15, 0.2) is 30.3 Å². The molecule has 0 aromatic heterocycles. The van der Waals surface area contributed by atoms with Gasteiger partial charge in [0, 0.05) is 17.5 Å². The number of benzene rings is 2. The highest BCUT2D eigenvalue weighted by Gasteiger charge is 2.50. The number of Topliss-reactive ketones (excluding diaryl/α,β-unsaturated/α-hetero) is 1. The summed E-state index contributed by atoms with van der Waals surface area (Å²) in [5.74, 6) is 0.294. The lowest BCUT2D eigenvalue weighted by atomic mass is 9.62. The van der Waals surface area contributed by atoms with E-state index in [1.165, 1.54) is 7.11 Å². The number of carboxylic acids is 1. The van der Waals surface area contributed by atoms with Gasteiger partial charge in [-0.15, -0.1) is 0 Å². The summed E-state index contributed by atoms with van der Waals surface area (Å²) in [6, 6.07) is 9.40. The van der Waals surface area contributed by atoms with Gasteiger partial charge >= 0.3 is 5.97 Å². The molecule has 5 heteroatoms. The average Bonchev–Trinajstić information content (AvgIpc) is 3.01. The lowest BCUT2D eigenvalue weighted by Gasteiger charge is -2.40. The zero-order valence-electron chi connectivity index (χ0n) is 15.5. The number of ether oxygens (including phenoxy) is 2. The quantitative estimate of drug-likeness (QED) is 0.866. The van der Waals surface area contributed by atoms with Crippen LogP contribution in [0.3, 0.4) is 0 Å². The molecule has 2 aliphatic carbocycles. The van der Waals surface area contributed by atoms with E-state index in [-0.39, 0.29) is 5.78 Å². The van der Waals surface area contributed by atoms with Crippen molar-refractivity contribution in [1.82, 2.24) is 0 Å². The second-order valence-electron chi connectivity index (χ2n) is 7.22. The molecule has 2 aliphatic rings. The van der Waals surface area contributed by atoms with Crippen LogP contribution in [-0.4, -0.2) is 31.1 Å². The number of hydrogen-bond acceptors (Lipinski definition) is 4. The molecule has 1 fully saturated rings. The van der Waals surface area contributed by atoms with Crippen molar-refractivity contribution in [2.24, 2.45) is 0 Å². The van der Waals surface area contributed by atoms with E-state index in [1.54, 1.807) is 7.11 Å². The van der Waals surface area contributed by atoms with Gasteiger partial charge in [0.15, 0.2) is 17.3 Å². The van der Waals surface area contributed by atoms with Gasteiger partial charge in [0.25, 0.3) is 0 Å². The summed E-state index contributed by atoms with van der Waals surface area (Å²) < 4.78 is 11.1. The Labute approximate surface area is 157 Å². The second kappa shape index (κ2) is 6.41. The highest BCUT2D eigenvalue weighted by molar-refractivity contribution is 6.03. The minimum atomic E-state index is -0.986. The molecule has 0 spiro atoms. The first-order chi connectivity index (χ1) is 13.0. The molecule has 27 heavy (non-hydrogen) atoms. The maximum Gasteiger partial charge on any atom is 0.314 e. The summed E-state index contributed by atoms with van der Waals surface area (Å²) >= 11 is 0. The third kappa shape index (κ3) is 2.45. The van der Waals surface area contributed by atoms with Gasteiger partial charge in [-0.25, -0.2) is 0 Å². The molecule has 0 heterocycles. The van der Waals surface area contributed by atoms with Crippen molar-refractivity contribution in [3.63, 3.8) is 0 Å². The Hall–Kier alpha value is -2.82. The molecule has 0 aliphatic heterocycles. The number of rotatable bonds is 5. The molecule has 0 saturated heterocycles. The second-order valence-corrected chi connectivity index (χ2v) is 7.22. The number of fused-ring (bicyclic) bond motifs is 1. The van der Waals surface area contributed by atoms with E-state index in [0.29, 0.717) is 42.7 Å². The molecule has 140 valence electrons. The minimum Gasteiger partial charge on any atom is -0.493 e. The molecule has 0 radical (unpaired) electrons. The molecule has 2 aromatic rings. The van der Waals surface area contributed by atoms with Gasteiger partial charge in [-0.3, -0.25) is 9.59 Å². The first-order valence-corrected chi connectivity index (χ1v) is 9.18. The van der Waals surface area contributed by atoms with Crippen LogP contribution in [0.5, 0.6) is 11.5 Å². The van der Waals surface area contributed by atoms with Crippen LogP contribution in [0.25, 0.3) is 11.1 Å². The summed E-state index contributed by atoms with van der Waals surface area (Å²) in [7, 11) is 3.09. The number of aliphatic carboxylic acids is 1. The number of carboxylic acid groups (broad SMARTS) is 1. The van der Waals surface area contributed by atoms with Gasteiger partial charge < -0.3 is 14.6 Å². The molecule has 1 saturated carbocycles. The Morgan fingerprint density at radius 1 is 1.00 bits per heavy atom. The van der Waals surface area contributed by atoms with E-state index in [2.05, 4.69) is 0 Å². The number of methoxy groups -OCH3 is 2. The highest BCUT2D eigenvalue weighted by atomic mass is 16.5. The Kier molecular flexibility index (Phi) is 4.17. The molecule has 0 atom stereocenters. The summed E-state index contributed by atoms with van der Waals surface area (Å²) in [5.41, 5.74) is 3.15. The van der Waals surface area contributed by atoms with E-state index in [1.807, 2.05) is 30.3 Å². The molecular weight excluding hydrogens is 344 g/mol. The van der Waals surface area contributed by atoms with Crippen molar-refractivity contribution < 1.29 is 24.2 Å². The molecule has 0 amide bonds. The van der Waals surface area contributed by atoms with Gasteiger partial charge in [-0.1, -0.05) is 30.7 Å². The lowest BCUT2D eigenvalue weighted by Crippen LogP contribution is -2.43. The monoisotopic (exact) mass is 366 g/mol. The van der Waals surface area contributed by atoms with Crippen molar-refractivity contribution in [3.8, 4) is 22.6 Å². The van der Waals surface area contributed by atoms with Crippen LogP contribution in [0.4, 0.5) is 0 Å². The molecule has 4 rings (SSSR count). The third-order valence-corrected chi connectivity index (χ3v) is 6.01. The first-order valence-electron chi connectivity index (χ1n) is 9.18. The smallest absolute Gasteiger partial charge is 0.314 e. The standard InChI is InChI=1S/C22H22O5/c1-26-18-10-8-16(13-5-3-6-15-14(13)7-9-17(15)23)19(20(18)27-2)22(21(24)25)11-4-12-22/h3,5-6,8,10H,4,7,9,11-12H2,1-2H3,(H,24,25). The van der Waals surface area contributed by atoms with Crippen LogP contribution >= 0.6 is 0 Å². The predicted molar refractivity (Wildman–Crippen MR) is 101 cm³/mol. The van der Waals surface area contributed by atoms with Crippen molar-refractivity contribution >= 4 is 11.8 Å². The molecule has 1 N–H and O–H groups in total. The van der Waals surface area contributed by atoms with Gasteiger partial charge in [-0.2, -0.15) is 0 Å². The summed E-state index contributed by atoms with van der Waals surface area (Å²) in [6.45, 7) is 0. The van der Waals surface area contributed by atoms with Crippen LogP contribution in [0.2, 0.25) is 0 Å². The Balaban J connectivity index is 2.03. The zero-order chi connectivity index (χ0) is 19.2. The molecular formula is C22H22O5. The summed E-state index contributed by atoms with van der Waals surface area (Å²) in [6.07, 6.45) is 3.16. The number of carbonyl (C=O) groups excluding carboxylic acids is 1. The van der Waals surface area contributed by atoms with Crippen molar-refractivity contribution in [3.05, 3.63) is 47.0 Å². The first kappa shape index (κ1) is 17.6. The molecule has 0 unspecified atom stereocenters. The largest absolute Gasteiger partial charge is 0.493 e. The van der Waals surface area contributed by atoms with Gasteiger partial charge in [0.1, 0.15) is 0 Å². The highest BCUT2D eigenvalue weighted by Crippen LogP contribution is 2.54. The SMILES string of the molecule is COc1ccc(-c2cccc3c2CCC3=O)c(C2(C(=O)O)CCC2)c1OC. The normalized spacial score (nSPS) is 17.2. The van der Waals surface area contributed by atoms with Crippen LogP contribution in [0.1, 0.15) is 47.2 Å². The third-order valence-electron chi connectivity index (χ3n) is 6.01. The maximum atomic E-state index is 12.3. The summed E-state index contributed by atoms with van der Waals surface area (Å²) in [4.78, 5) is 24.5. The minimum absolute atomic E-state index is 0.144. The Morgan fingerprint density at radius 2 is 1.74 bits per heavy atom. The van der Waals surface area contributed by atoms with E-state index >= 15 is 0 Å². The maximum absolute atomic E-state index is 12.3. The van der Waals surface area contributed by atoms with Crippen molar-refractivity contribution in [2.45, 2.75) is 37.5 Å². The molecule has 0 bridgehead atoms. The topological polar surface area (TPSA) is 72.8 Å². The van der Waals surface area contributed by atoms with Gasteiger partial charge in [0.2, 0.25) is 0 Å². The molecule has 5 nitrogen and oxygen atoms in total. The number of ketones is 1. The van der Waals surface area contributed by atoms with Crippen molar-refractivity contribution in [2.75, 3.05) is 14.2 Å². The predicted octanol–water partition coefficient (Wildman–Crippen LogP) is 4.01. The number of carbonyl (C=O) groups is 2. The Bertz CT molecular complexity index is 940. The van der Waals surface area contributed by atoms with Crippen LogP contribution in [-0.2, 0) is 16.6 Å². The Morgan fingerprint density at radius 3 is 2.33 bits per heavy atom. The van der Waals surface area contributed by atoms with Crippen LogP contribution in [0, 0.1) is 0 Å². The van der Waals surface area contributed by atoms with Gasteiger partial charge in [0.05, 0.1) is 19.6 Å². The van der Waals surface area contributed by atoms with Gasteiger partial charge in [-0.05, 0) is 42.0 Å². The zero-order valence-corrected chi connectivity index (χ0v) is 15.5. The number of hydrogen-bond donors (Lipinski definition) is 1. The fourth-order valence-corrected chi connectivity index (χ4v) is 4.47. The lowest BCUT2D eigenvalue weighted by molar-refractivity contribution is -0.147. The summed E-state index contributed by atoms with van der Waals surface area (Å²) in [5, 5.41) is 10.1. The average molecular weight is 366 g/mol. The van der Waals surface area contributed by atoms with E-state index < -0.39 is 11.4 Å². The van der Waals surface area contributed by atoms with E-state index in [4.69, 9.17) is 9.47 Å². The van der Waals surface area contributed by atoms with E-state index in [9.17, 15) is 14.7 Å². The van der Waals surface area contributed by atoms with Crippen molar-refractivity contribution in [1.29, 1.82) is 0 Å². The fourth-order valence-electron chi connectivity index (χ4n) is 4.47.